The third kappa shape index (κ3) is 3.92. The predicted octanol–water partition coefficient (Wildman–Crippen LogP) is 3.24. The number of hydrogen-bond acceptors (Lipinski definition) is 4. The first-order chi connectivity index (χ1) is 12.0. The van der Waals surface area contributed by atoms with Gasteiger partial charge in [0.25, 0.3) is 5.91 Å². The van der Waals surface area contributed by atoms with Crippen LogP contribution >= 0.6 is 0 Å². The van der Waals surface area contributed by atoms with Gasteiger partial charge in [-0.2, -0.15) is 10.2 Å². The summed E-state index contributed by atoms with van der Waals surface area (Å²) in [5.74, 6) is -0.189. The number of nitrogens with zero attached hydrogens (tertiary/aromatic N) is 2. The molecule has 1 heterocycles. The number of phenols is 1. The molecule has 0 atom stereocenters. The average molecular weight is 334 g/mol. The molecule has 0 spiro atoms. The van der Waals surface area contributed by atoms with Crippen LogP contribution in [0.5, 0.6) is 5.75 Å². The molecule has 0 aliphatic carbocycles. The van der Waals surface area contributed by atoms with Crippen LogP contribution in [0.25, 0.3) is 11.3 Å². The number of carbonyl (C=O) groups excluding carboxylic acids is 1. The number of aryl methyl sites for hydroxylation is 1. The molecule has 2 aromatic carbocycles. The van der Waals surface area contributed by atoms with Crippen LogP contribution in [0.4, 0.5) is 0 Å². The maximum Gasteiger partial charge on any atom is 0.289 e. The second-order valence-electron chi connectivity index (χ2n) is 5.72. The molecule has 0 aliphatic heterocycles. The lowest BCUT2D eigenvalue weighted by Gasteiger charge is -2.02. The maximum absolute atomic E-state index is 12.2. The first kappa shape index (κ1) is 16.4. The SMILES string of the molecule is C/C(=N\NC(=O)c1cc(-c2ccc(C)cc2)n[nH]1)c1ccc(O)cc1. The normalized spacial score (nSPS) is 11.4. The molecular weight excluding hydrogens is 316 g/mol. The predicted molar refractivity (Wildman–Crippen MR) is 96.5 cm³/mol. The average Bonchev–Trinajstić information content (AvgIpc) is 3.11. The molecule has 1 aromatic heterocycles. The fourth-order valence-corrected chi connectivity index (χ4v) is 2.27. The molecule has 126 valence electrons. The Morgan fingerprint density at radius 1 is 1.12 bits per heavy atom. The van der Waals surface area contributed by atoms with Crippen LogP contribution in [0.15, 0.2) is 59.7 Å². The molecule has 6 heteroatoms. The number of amides is 1. The topological polar surface area (TPSA) is 90.4 Å². The van der Waals surface area contributed by atoms with Crippen molar-refractivity contribution in [2.45, 2.75) is 13.8 Å². The van der Waals surface area contributed by atoms with Crippen molar-refractivity contribution in [1.82, 2.24) is 15.6 Å². The van der Waals surface area contributed by atoms with Gasteiger partial charge in [0, 0.05) is 5.56 Å². The summed E-state index contributed by atoms with van der Waals surface area (Å²) in [5, 5.41) is 20.3. The molecule has 0 radical (unpaired) electrons. The first-order valence-electron chi connectivity index (χ1n) is 7.79. The first-order valence-corrected chi connectivity index (χ1v) is 7.79. The summed E-state index contributed by atoms with van der Waals surface area (Å²) in [4.78, 5) is 12.2. The van der Waals surface area contributed by atoms with Crippen LogP contribution < -0.4 is 5.43 Å². The van der Waals surface area contributed by atoms with Crippen molar-refractivity contribution in [2.24, 2.45) is 5.10 Å². The zero-order valence-electron chi connectivity index (χ0n) is 13.9. The van der Waals surface area contributed by atoms with E-state index in [-0.39, 0.29) is 11.7 Å². The standard InChI is InChI=1S/C19H18N4O2/c1-12-3-5-15(6-4-12)17-11-18(22-21-17)19(25)23-20-13(2)14-7-9-16(24)10-8-14/h3-11,24H,1-2H3,(H,21,22)(H,23,25)/b20-13+. The lowest BCUT2D eigenvalue weighted by molar-refractivity contribution is 0.0950. The van der Waals surface area contributed by atoms with E-state index in [0.29, 0.717) is 17.1 Å². The van der Waals surface area contributed by atoms with E-state index in [4.69, 9.17) is 0 Å². The van der Waals surface area contributed by atoms with Gasteiger partial charge in [0.05, 0.1) is 11.4 Å². The smallest absolute Gasteiger partial charge is 0.289 e. The number of phenolic OH excluding ortho intramolecular Hbond substituents is 1. The summed E-state index contributed by atoms with van der Waals surface area (Å²) in [6.45, 7) is 3.79. The Labute approximate surface area is 145 Å². The molecule has 0 bridgehead atoms. The number of hydrazone groups is 1. The van der Waals surface area contributed by atoms with Crippen molar-refractivity contribution in [3.8, 4) is 17.0 Å². The second kappa shape index (κ2) is 7.00. The molecule has 6 nitrogen and oxygen atoms in total. The lowest BCUT2D eigenvalue weighted by atomic mass is 10.1. The van der Waals surface area contributed by atoms with Gasteiger partial charge in [0.1, 0.15) is 11.4 Å². The van der Waals surface area contributed by atoms with Crippen LogP contribution in [0, 0.1) is 6.92 Å². The van der Waals surface area contributed by atoms with Crippen molar-refractivity contribution in [1.29, 1.82) is 0 Å². The monoisotopic (exact) mass is 334 g/mol. The Morgan fingerprint density at radius 2 is 1.80 bits per heavy atom. The highest BCUT2D eigenvalue weighted by molar-refractivity contribution is 6.00. The molecular formula is C19H18N4O2. The number of aromatic amines is 1. The summed E-state index contributed by atoms with van der Waals surface area (Å²) in [7, 11) is 0. The minimum atomic E-state index is -0.371. The van der Waals surface area contributed by atoms with Crippen molar-refractivity contribution < 1.29 is 9.90 Å². The van der Waals surface area contributed by atoms with E-state index in [0.717, 1.165) is 16.7 Å². The van der Waals surface area contributed by atoms with Gasteiger partial charge in [-0.1, -0.05) is 29.8 Å². The number of aromatic nitrogens is 2. The van der Waals surface area contributed by atoms with E-state index < -0.39 is 0 Å². The highest BCUT2D eigenvalue weighted by Crippen LogP contribution is 2.18. The molecule has 0 saturated carbocycles. The van der Waals surface area contributed by atoms with E-state index in [1.807, 2.05) is 31.2 Å². The van der Waals surface area contributed by atoms with Crippen LogP contribution in [-0.2, 0) is 0 Å². The van der Waals surface area contributed by atoms with Gasteiger partial charge in [0.2, 0.25) is 0 Å². The zero-order chi connectivity index (χ0) is 17.8. The minimum absolute atomic E-state index is 0.182. The molecule has 25 heavy (non-hydrogen) atoms. The Balaban J connectivity index is 1.70. The summed E-state index contributed by atoms with van der Waals surface area (Å²) in [6.07, 6.45) is 0. The number of carbonyl (C=O) groups is 1. The Hall–Kier alpha value is -3.41. The van der Waals surface area contributed by atoms with E-state index in [9.17, 15) is 9.90 Å². The zero-order valence-corrected chi connectivity index (χ0v) is 13.9. The van der Waals surface area contributed by atoms with Gasteiger partial charge in [-0.25, -0.2) is 5.43 Å². The molecule has 1 amide bonds. The maximum atomic E-state index is 12.2. The third-order valence-corrected chi connectivity index (χ3v) is 3.78. The summed E-state index contributed by atoms with van der Waals surface area (Å²) in [6, 6.07) is 16.2. The molecule has 0 unspecified atom stereocenters. The lowest BCUT2D eigenvalue weighted by Crippen LogP contribution is -2.19. The largest absolute Gasteiger partial charge is 0.508 e. The Bertz CT molecular complexity index is 909. The van der Waals surface area contributed by atoms with E-state index >= 15 is 0 Å². The summed E-state index contributed by atoms with van der Waals surface area (Å²) in [5.41, 5.74) is 7.07. The number of hydrogen-bond donors (Lipinski definition) is 3. The van der Waals surface area contributed by atoms with Crippen LogP contribution in [0.1, 0.15) is 28.5 Å². The molecule has 3 aromatic rings. The van der Waals surface area contributed by atoms with Crippen LogP contribution in [0.2, 0.25) is 0 Å². The van der Waals surface area contributed by atoms with Gasteiger partial charge in [-0.05, 0) is 49.7 Å². The number of H-pyrrole nitrogens is 1. The second-order valence-corrected chi connectivity index (χ2v) is 5.72. The van der Waals surface area contributed by atoms with Crippen molar-refractivity contribution in [2.75, 3.05) is 0 Å². The van der Waals surface area contributed by atoms with Gasteiger partial charge in [0.15, 0.2) is 0 Å². The number of nitrogens with one attached hydrogen (secondary N) is 2. The highest BCUT2D eigenvalue weighted by Gasteiger charge is 2.10. The van der Waals surface area contributed by atoms with Gasteiger partial charge < -0.3 is 5.11 Å². The van der Waals surface area contributed by atoms with Gasteiger partial charge in [-0.3, -0.25) is 9.89 Å². The molecule has 3 N–H and O–H groups in total. The summed E-state index contributed by atoms with van der Waals surface area (Å²) >= 11 is 0. The fraction of sp³-hybridized carbons (Fsp3) is 0.105. The third-order valence-electron chi connectivity index (χ3n) is 3.78. The number of aromatic hydroxyl groups is 1. The van der Waals surface area contributed by atoms with E-state index in [1.54, 1.807) is 37.3 Å². The van der Waals surface area contributed by atoms with Gasteiger partial charge >= 0.3 is 0 Å². The highest BCUT2D eigenvalue weighted by atomic mass is 16.3. The molecule has 0 saturated heterocycles. The van der Waals surface area contributed by atoms with Gasteiger partial charge in [-0.15, -0.1) is 0 Å². The van der Waals surface area contributed by atoms with Crippen LogP contribution in [-0.4, -0.2) is 26.9 Å². The van der Waals surface area contributed by atoms with E-state index in [1.165, 1.54) is 0 Å². The number of rotatable bonds is 4. The minimum Gasteiger partial charge on any atom is -0.508 e. The summed E-state index contributed by atoms with van der Waals surface area (Å²) < 4.78 is 0. The van der Waals surface area contributed by atoms with Crippen molar-refractivity contribution in [3.05, 3.63) is 71.4 Å². The fourth-order valence-electron chi connectivity index (χ4n) is 2.27. The van der Waals surface area contributed by atoms with Crippen LogP contribution in [0.3, 0.4) is 0 Å². The van der Waals surface area contributed by atoms with Crippen molar-refractivity contribution in [3.63, 3.8) is 0 Å². The van der Waals surface area contributed by atoms with E-state index in [2.05, 4.69) is 20.7 Å². The quantitative estimate of drug-likeness (QED) is 0.505. The Morgan fingerprint density at radius 3 is 2.48 bits per heavy atom. The van der Waals surface area contributed by atoms with Crippen molar-refractivity contribution >= 4 is 11.6 Å². The number of benzene rings is 2. The molecule has 3 rings (SSSR count). The molecule has 0 fully saturated rings. The molecule has 0 aliphatic rings. The Kier molecular flexibility index (Phi) is 4.61.